The van der Waals surface area contributed by atoms with Crippen LogP contribution in [0.25, 0.3) is 0 Å². The van der Waals surface area contributed by atoms with Crippen LogP contribution in [0.3, 0.4) is 0 Å². The normalized spacial score (nSPS) is 15.9. The molecule has 0 heterocycles. The number of aryl methyl sites for hydroxylation is 2. The third kappa shape index (κ3) is 4.18. The molecule has 1 atom stereocenters. The van der Waals surface area contributed by atoms with E-state index < -0.39 is 0 Å². The van der Waals surface area contributed by atoms with Crippen LogP contribution in [0.4, 0.5) is 0 Å². The second-order valence-electron chi connectivity index (χ2n) is 6.48. The maximum atomic E-state index is 3.71. The van der Waals surface area contributed by atoms with Gasteiger partial charge in [0.2, 0.25) is 0 Å². The molecule has 2 aromatic carbocycles. The van der Waals surface area contributed by atoms with Crippen LogP contribution < -0.4 is 5.32 Å². The monoisotopic (exact) mass is 279 g/mol. The molecule has 0 bridgehead atoms. The Morgan fingerprint density at radius 1 is 1.00 bits per heavy atom. The van der Waals surface area contributed by atoms with Gasteiger partial charge < -0.3 is 5.32 Å². The molecule has 0 aliphatic heterocycles. The molecule has 1 N–H and O–H groups in total. The average Bonchev–Trinajstić information content (AvgIpc) is 3.30. The highest BCUT2D eigenvalue weighted by Gasteiger charge is 2.22. The lowest BCUT2D eigenvalue weighted by Gasteiger charge is -2.19. The molecule has 1 aliphatic rings. The van der Waals surface area contributed by atoms with Crippen molar-refractivity contribution in [3.8, 4) is 0 Å². The molecule has 1 unspecified atom stereocenters. The number of hydrogen-bond donors (Lipinski definition) is 1. The van der Waals surface area contributed by atoms with E-state index in [1.165, 1.54) is 35.1 Å². The topological polar surface area (TPSA) is 12.0 Å². The molecule has 1 heteroatoms. The molecule has 1 nitrogen and oxygen atoms in total. The molecule has 110 valence electrons. The third-order valence-electron chi connectivity index (χ3n) is 4.35. The summed E-state index contributed by atoms with van der Waals surface area (Å²) in [5.41, 5.74) is 5.59. The van der Waals surface area contributed by atoms with Gasteiger partial charge in [0.25, 0.3) is 0 Å². The smallest absolute Gasteiger partial charge is 0.00684 e. The van der Waals surface area contributed by atoms with Crippen LogP contribution >= 0.6 is 0 Å². The lowest BCUT2D eigenvalue weighted by molar-refractivity contribution is 0.577. The number of rotatable bonds is 6. The van der Waals surface area contributed by atoms with Crippen molar-refractivity contribution in [3.63, 3.8) is 0 Å². The standard InChI is InChI=1S/C20H25N/c1-15-6-8-17(9-7-15)13-19(14-21-20-10-11-20)18-5-3-4-16(2)12-18/h3-9,12,19-21H,10-11,13-14H2,1-2H3. The van der Waals surface area contributed by atoms with Crippen LogP contribution in [0.5, 0.6) is 0 Å². The van der Waals surface area contributed by atoms with Crippen molar-refractivity contribution in [1.29, 1.82) is 0 Å². The lowest BCUT2D eigenvalue weighted by atomic mass is 9.90. The van der Waals surface area contributed by atoms with Gasteiger partial charge in [0, 0.05) is 18.5 Å². The van der Waals surface area contributed by atoms with Crippen LogP contribution in [-0.4, -0.2) is 12.6 Å². The van der Waals surface area contributed by atoms with Gasteiger partial charge in [-0.05, 0) is 44.2 Å². The van der Waals surface area contributed by atoms with E-state index >= 15 is 0 Å². The summed E-state index contributed by atoms with van der Waals surface area (Å²) in [5.74, 6) is 0.563. The van der Waals surface area contributed by atoms with Crippen molar-refractivity contribution in [1.82, 2.24) is 5.32 Å². The summed E-state index contributed by atoms with van der Waals surface area (Å²) in [5, 5.41) is 3.71. The Balaban J connectivity index is 1.75. The first-order chi connectivity index (χ1) is 10.2. The van der Waals surface area contributed by atoms with Crippen molar-refractivity contribution >= 4 is 0 Å². The molecule has 1 aliphatic carbocycles. The summed E-state index contributed by atoms with van der Waals surface area (Å²) in [4.78, 5) is 0. The predicted molar refractivity (Wildman–Crippen MR) is 89.8 cm³/mol. The van der Waals surface area contributed by atoms with E-state index in [0.717, 1.165) is 19.0 Å². The van der Waals surface area contributed by atoms with Crippen molar-refractivity contribution in [2.45, 2.75) is 45.1 Å². The second-order valence-corrected chi connectivity index (χ2v) is 6.48. The van der Waals surface area contributed by atoms with Gasteiger partial charge in [0.15, 0.2) is 0 Å². The van der Waals surface area contributed by atoms with E-state index in [-0.39, 0.29) is 0 Å². The summed E-state index contributed by atoms with van der Waals surface area (Å²) in [6.45, 7) is 5.42. The Kier molecular flexibility index (Phi) is 4.40. The first-order valence-corrected chi connectivity index (χ1v) is 8.06. The molecule has 0 aromatic heterocycles. The third-order valence-corrected chi connectivity index (χ3v) is 4.35. The molecular weight excluding hydrogens is 254 g/mol. The largest absolute Gasteiger partial charge is 0.313 e. The minimum absolute atomic E-state index is 0.563. The molecule has 0 amide bonds. The zero-order chi connectivity index (χ0) is 14.7. The molecule has 0 saturated heterocycles. The van der Waals surface area contributed by atoms with Gasteiger partial charge in [-0.3, -0.25) is 0 Å². The SMILES string of the molecule is Cc1ccc(CC(CNC2CC2)c2cccc(C)c2)cc1. The Labute approximate surface area is 128 Å². The van der Waals surface area contributed by atoms with Crippen molar-refractivity contribution in [2.24, 2.45) is 0 Å². The van der Waals surface area contributed by atoms with Crippen LogP contribution in [0.1, 0.15) is 41.0 Å². The van der Waals surface area contributed by atoms with Crippen LogP contribution in [0, 0.1) is 13.8 Å². The Hall–Kier alpha value is -1.60. The van der Waals surface area contributed by atoms with Gasteiger partial charge in [-0.2, -0.15) is 0 Å². The Morgan fingerprint density at radius 3 is 2.43 bits per heavy atom. The van der Waals surface area contributed by atoms with Gasteiger partial charge in [0.1, 0.15) is 0 Å². The average molecular weight is 279 g/mol. The van der Waals surface area contributed by atoms with Gasteiger partial charge in [0.05, 0.1) is 0 Å². The number of benzene rings is 2. The maximum Gasteiger partial charge on any atom is 0.00684 e. The summed E-state index contributed by atoms with van der Waals surface area (Å²) in [6.07, 6.45) is 3.82. The van der Waals surface area contributed by atoms with Gasteiger partial charge in [-0.15, -0.1) is 0 Å². The van der Waals surface area contributed by atoms with Crippen molar-refractivity contribution < 1.29 is 0 Å². The van der Waals surface area contributed by atoms with E-state index in [9.17, 15) is 0 Å². The van der Waals surface area contributed by atoms with Gasteiger partial charge in [-0.1, -0.05) is 59.7 Å². The highest BCUT2D eigenvalue weighted by atomic mass is 14.9. The van der Waals surface area contributed by atoms with Gasteiger partial charge >= 0.3 is 0 Å². The van der Waals surface area contributed by atoms with E-state index in [2.05, 4.69) is 67.7 Å². The van der Waals surface area contributed by atoms with Crippen LogP contribution in [0.2, 0.25) is 0 Å². The van der Waals surface area contributed by atoms with Crippen molar-refractivity contribution in [2.75, 3.05) is 6.54 Å². The summed E-state index contributed by atoms with van der Waals surface area (Å²) in [7, 11) is 0. The van der Waals surface area contributed by atoms with E-state index in [0.29, 0.717) is 5.92 Å². The zero-order valence-electron chi connectivity index (χ0n) is 13.1. The Morgan fingerprint density at radius 2 is 1.76 bits per heavy atom. The Bertz CT molecular complexity index is 581. The molecule has 0 spiro atoms. The maximum absolute atomic E-state index is 3.71. The molecular formula is C20H25N. The quantitative estimate of drug-likeness (QED) is 0.827. The molecule has 21 heavy (non-hydrogen) atoms. The molecule has 2 aromatic rings. The molecule has 1 fully saturated rings. The zero-order valence-corrected chi connectivity index (χ0v) is 13.1. The predicted octanol–water partition coefficient (Wildman–Crippen LogP) is 4.38. The molecule has 0 radical (unpaired) electrons. The highest BCUT2D eigenvalue weighted by Crippen LogP contribution is 2.24. The second kappa shape index (κ2) is 6.44. The fourth-order valence-electron chi connectivity index (χ4n) is 2.84. The molecule has 3 rings (SSSR count). The lowest BCUT2D eigenvalue weighted by Crippen LogP contribution is -2.24. The van der Waals surface area contributed by atoms with E-state index in [1.807, 2.05) is 0 Å². The number of hydrogen-bond acceptors (Lipinski definition) is 1. The molecule has 1 saturated carbocycles. The number of nitrogens with one attached hydrogen (secondary N) is 1. The fourth-order valence-corrected chi connectivity index (χ4v) is 2.84. The minimum atomic E-state index is 0.563. The van der Waals surface area contributed by atoms with Crippen LogP contribution in [0.15, 0.2) is 48.5 Å². The van der Waals surface area contributed by atoms with E-state index in [4.69, 9.17) is 0 Å². The van der Waals surface area contributed by atoms with E-state index in [1.54, 1.807) is 0 Å². The minimum Gasteiger partial charge on any atom is -0.313 e. The van der Waals surface area contributed by atoms with Gasteiger partial charge in [-0.25, -0.2) is 0 Å². The first-order valence-electron chi connectivity index (χ1n) is 8.06. The first kappa shape index (κ1) is 14.3. The van der Waals surface area contributed by atoms with Crippen molar-refractivity contribution in [3.05, 3.63) is 70.8 Å². The summed E-state index contributed by atoms with van der Waals surface area (Å²) >= 11 is 0. The highest BCUT2D eigenvalue weighted by molar-refractivity contribution is 5.29. The fraction of sp³-hybridized carbons (Fsp3) is 0.400. The van der Waals surface area contributed by atoms with Crippen LogP contribution in [-0.2, 0) is 6.42 Å². The summed E-state index contributed by atoms with van der Waals surface area (Å²) < 4.78 is 0. The summed E-state index contributed by atoms with van der Waals surface area (Å²) in [6, 6.07) is 18.7.